The topological polar surface area (TPSA) is 46.6 Å². The van der Waals surface area contributed by atoms with Crippen LogP contribution in [0, 0.1) is 6.92 Å². The molecule has 0 saturated heterocycles. The molecule has 0 heterocycles. The van der Waals surface area contributed by atoms with Crippen molar-refractivity contribution in [2.45, 2.75) is 13.5 Å². The Morgan fingerprint density at radius 2 is 1.71 bits per heavy atom. The Kier molecular flexibility index (Phi) is 4.53. The van der Waals surface area contributed by atoms with Gasteiger partial charge in [-0.25, -0.2) is 8.42 Å². The molecule has 0 N–H and O–H groups in total. The van der Waals surface area contributed by atoms with Gasteiger partial charge in [0.2, 0.25) is 10.0 Å². The molecular formula is C16H19NO3S. The molecule has 2 aromatic carbocycles. The van der Waals surface area contributed by atoms with E-state index in [1.165, 1.54) is 10.6 Å². The zero-order valence-corrected chi connectivity index (χ0v) is 13.2. The molecule has 5 heteroatoms. The largest absolute Gasteiger partial charge is 0.496 e. The van der Waals surface area contributed by atoms with Crippen molar-refractivity contribution in [2.24, 2.45) is 0 Å². The molecule has 0 saturated carbocycles. The van der Waals surface area contributed by atoms with Gasteiger partial charge < -0.3 is 4.74 Å². The van der Waals surface area contributed by atoms with Crippen molar-refractivity contribution in [3.8, 4) is 5.75 Å². The zero-order valence-electron chi connectivity index (χ0n) is 12.4. The first-order chi connectivity index (χ1) is 9.93. The van der Waals surface area contributed by atoms with E-state index >= 15 is 0 Å². The van der Waals surface area contributed by atoms with Crippen LogP contribution in [0.3, 0.4) is 0 Å². The normalized spacial score (nSPS) is 11.2. The van der Waals surface area contributed by atoms with Gasteiger partial charge in [0.1, 0.15) is 5.75 Å². The summed E-state index contributed by atoms with van der Waals surface area (Å²) >= 11 is 0. The van der Waals surface area contributed by atoms with Crippen LogP contribution in [-0.4, -0.2) is 21.8 Å². The number of hydrogen-bond donors (Lipinski definition) is 0. The number of methoxy groups -OCH3 is 1. The monoisotopic (exact) mass is 305 g/mol. The third kappa shape index (κ3) is 3.55. The Hall–Kier alpha value is -2.01. The summed E-state index contributed by atoms with van der Waals surface area (Å²) in [6.45, 7) is 2.16. The third-order valence-electron chi connectivity index (χ3n) is 3.31. The number of rotatable bonds is 5. The fourth-order valence-electron chi connectivity index (χ4n) is 2.22. The number of anilines is 1. The summed E-state index contributed by atoms with van der Waals surface area (Å²) in [5.74, 6) is 0.675. The van der Waals surface area contributed by atoms with E-state index in [9.17, 15) is 8.42 Å². The Morgan fingerprint density at radius 3 is 2.29 bits per heavy atom. The van der Waals surface area contributed by atoms with Gasteiger partial charge in [-0.2, -0.15) is 0 Å². The summed E-state index contributed by atoms with van der Waals surface area (Å²) in [4.78, 5) is 0. The first-order valence-electron chi connectivity index (χ1n) is 6.58. The van der Waals surface area contributed by atoms with Crippen LogP contribution in [0.5, 0.6) is 5.75 Å². The second kappa shape index (κ2) is 6.18. The lowest BCUT2D eigenvalue weighted by Gasteiger charge is -2.25. The van der Waals surface area contributed by atoms with E-state index < -0.39 is 10.0 Å². The van der Waals surface area contributed by atoms with Gasteiger partial charge in [-0.1, -0.05) is 36.4 Å². The fraction of sp³-hybridized carbons (Fsp3) is 0.250. The van der Waals surface area contributed by atoms with Gasteiger partial charge in [0, 0.05) is 5.56 Å². The molecule has 112 valence electrons. The third-order valence-corrected chi connectivity index (χ3v) is 4.44. The molecule has 0 unspecified atom stereocenters. The Balaban J connectivity index is 2.47. The maximum atomic E-state index is 12.2. The van der Waals surface area contributed by atoms with Crippen LogP contribution >= 0.6 is 0 Å². The van der Waals surface area contributed by atoms with Gasteiger partial charge >= 0.3 is 0 Å². The average molecular weight is 305 g/mol. The second-order valence-electron chi connectivity index (χ2n) is 4.86. The predicted molar refractivity (Wildman–Crippen MR) is 85.2 cm³/mol. The van der Waals surface area contributed by atoms with Gasteiger partial charge in [0.05, 0.1) is 25.6 Å². The van der Waals surface area contributed by atoms with Crippen molar-refractivity contribution in [1.82, 2.24) is 0 Å². The molecule has 0 fully saturated rings. The van der Waals surface area contributed by atoms with Gasteiger partial charge in [-0.15, -0.1) is 0 Å². The van der Waals surface area contributed by atoms with Crippen LogP contribution < -0.4 is 9.04 Å². The molecule has 0 amide bonds. The summed E-state index contributed by atoms with van der Waals surface area (Å²) in [6, 6.07) is 14.9. The summed E-state index contributed by atoms with van der Waals surface area (Å²) in [7, 11) is -1.81. The van der Waals surface area contributed by atoms with E-state index in [0.29, 0.717) is 18.0 Å². The van der Waals surface area contributed by atoms with Crippen LogP contribution in [0.25, 0.3) is 0 Å². The lowest BCUT2D eigenvalue weighted by atomic mass is 10.1. The van der Waals surface area contributed by atoms with Crippen LogP contribution in [0.15, 0.2) is 48.5 Å². The summed E-state index contributed by atoms with van der Waals surface area (Å²) in [6.07, 6.45) is 1.22. The van der Waals surface area contributed by atoms with Crippen molar-refractivity contribution in [3.63, 3.8) is 0 Å². The van der Waals surface area contributed by atoms with E-state index in [1.54, 1.807) is 19.2 Å². The highest BCUT2D eigenvalue weighted by Gasteiger charge is 2.20. The smallest absolute Gasteiger partial charge is 0.232 e. The van der Waals surface area contributed by atoms with Crippen molar-refractivity contribution in [3.05, 3.63) is 59.7 Å². The number of nitrogens with zero attached hydrogens (tertiary/aromatic N) is 1. The first kappa shape index (κ1) is 15.4. The van der Waals surface area contributed by atoms with Crippen LogP contribution in [-0.2, 0) is 16.6 Å². The zero-order chi connectivity index (χ0) is 15.5. The summed E-state index contributed by atoms with van der Waals surface area (Å²) in [5.41, 5.74) is 2.38. The molecule has 0 spiro atoms. The molecule has 2 rings (SSSR count). The van der Waals surface area contributed by atoms with Gasteiger partial charge in [-0.05, 0) is 24.6 Å². The van der Waals surface area contributed by atoms with Crippen LogP contribution in [0.4, 0.5) is 5.69 Å². The summed E-state index contributed by atoms with van der Waals surface area (Å²) < 4.78 is 31.0. The van der Waals surface area contributed by atoms with Gasteiger partial charge in [-0.3, -0.25) is 4.31 Å². The maximum Gasteiger partial charge on any atom is 0.232 e. The molecule has 0 atom stereocenters. The number of hydrogen-bond acceptors (Lipinski definition) is 3. The summed E-state index contributed by atoms with van der Waals surface area (Å²) in [5, 5.41) is 0. The van der Waals surface area contributed by atoms with E-state index in [-0.39, 0.29) is 0 Å². The Labute approximate surface area is 126 Å². The van der Waals surface area contributed by atoms with Gasteiger partial charge in [0.15, 0.2) is 0 Å². The molecular weight excluding hydrogens is 286 g/mol. The highest BCUT2D eigenvalue weighted by Crippen LogP contribution is 2.30. The van der Waals surface area contributed by atoms with Crippen molar-refractivity contribution in [2.75, 3.05) is 17.7 Å². The second-order valence-corrected chi connectivity index (χ2v) is 6.77. The quantitative estimate of drug-likeness (QED) is 0.853. The molecule has 0 aliphatic heterocycles. The average Bonchev–Trinajstić information content (AvgIpc) is 2.45. The minimum absolute atomic E-state index is 0.299. The molecule has 0 aliphatic carbocycles. The Bertz CT molecular complexity index is 712. The van der Waals surface area contributed by atoms with Crippen LogP contribution in [0.1, 0.15) is 11.1 Å². The lowest BCUT2D eigenvalue weighted by Crippen LogP contribution is -2.30. The first-order valence-corrected chi connectivity index (χ1v) is 8.43. The van der Waals surface area contributed by atoms with Crippen LogP contribution in [0.2, 0.25) is 0 Å². The molecule has 0 aliphatic rings. The number of benzene rings is 2. The van der Waals surface area contributed by atoms with E-state index in [2.05, 4.69) is 0 Å². The molecule has 4 nitrogen and oxygen atoms in total. The minimum atomic E-state index is -3.39. The highest BCUT2D eigenvalue weighted by molar-refractivity contribution is 7.92. The number of sulfonamides is 1. The Morgan fingerprint density at radius 1 is 1.05 bits per heavy atom. The predicted octanol–water partition coefficient (Wildman–Crippen LogP) is 2.97. The number of ether oxygens (including phenoxy) is 1. The van der Waals surface area contributed by atoms with E-state index in [4.69, 9.17) is 4.74 Å². The van der Waals surface area contributed by atoms with E-state index in [1.807, 2.05) is 43.3 Å². The van der Waals surface area contributed by atoms with Crippen molar-refractivity contribution >= 4 is 15.7 Å². The van der Waals surface area contributed by atoms with Crippen molar-refractivity contribution in [1.29, 1.82) is 0 Å². The molecule has 2 aromatic rings. The fourth-order valence-corrected chi connectivity index (χ4v) is 3.16. The molecule has 0 aromatic heterocycles. The SMILES string of the molecule is COc1cccc(N(Cc2ccccc2)S(C)(=O)=O)c1C. The standard InChI is InChI=1S/C16H19NO3S/c1-13-15(10-7-11-16(13)20-2)17(21(3,18)19)12-14-8-5-4-6-9-14/h4-11H,12H2,1-3H3. The van der Waals surface area contributed by atoms with Gasteiger partial charge in [0.25, 0.3) is 0 Å². The molecule has 21 heavy (non-hydrogen) atoms. The molecule has 0 bridgehead atoms. The highest BCUT2D eigenvalue weighted by atomic mass is 32.2. The minimum Gasteiger partial charge on any atom is -0.496 e. The van der Waals surface area contributed by atoms with E-state index in [0.717, 1.165) is 11.1 Å². The maximum absolute atomic E-state index is 12.2. The lowest BCUT2D eigenvalue weighted by molar-refractivity contribution is 0.412. The van der Waals surface area contributed by atoms with Crippen molar-refractivity contribution < 1.29 is 13.2 Å². The molecule has 0 radical (unpaired) electrons.